The fourth-order valence-electron chi connectivity index (χ4n) is 4.94. The molecule has 0 amide bonds. The number of nitrogens with zero attached hydrogens (tertiary/aromatic N) is 1. The Morgan fingerprint density at radius 3 is 2.50 bits per heavy atom. The number of aryl methyl sites for hydroxylation is 1. The van der Waals surface area contributed by atoms with Crippen LogP contribution in [0.1, 0.15) is 98.3 Å². The van der Waals surface area contributed by atoms with Gasteiger partial charge in [0.1, 0.15) is 22.1 Å². The minimum atomic E-state index is -2.68. The van der Waals surface area contributed by atoms with E-state index in [0.717, 1.165) is 5.56 Å². The predicted octanol–water partition coefficient (Wildman–Crippen LogP) is 7.88. The van der Waals surface area contributed by atoms with Crippen molar-refractivity contribution in [1.29, 1.82) is 0 Å². The van der Waals surface area contributed by atoms with Crippen LogP contribution in [0.25, 0.3) is 11.0 Å². The fourth-order valence-corrected chi connectivity index (χ4v) is 5.09. The number of hydrogen-bond acceptors (Lipinski definition) is 6. The van der Waals surface area contributed by atoms with E-state index in [4.69, 9.17) is 20.8 Å². The highest BCUT2D eigenvalue weighted by Crippen LogP contribution is 2.42. The summed E-state index contributed by atoms with van der Waals surface area (Å²) in [4.78, 5) is 30.5. The summed E-state index contributed by atoms with van der Waals surface area (Å²) >= 11 is 6.08. The maximum Gasteiger partial charge on any atom is 0.359 e. The van der Waals surface area contributed by atoms with Crippen LogP contribution >= 0.6 is 11.6 Å². The third kappa shape index (κ3) is 6.01. The number of esters is 1. The molecular formula is C29H33ClF2N2O4. The van der Waals surface area contributed by atoms with Gasteiger partial charge in [0, 0.05) is 29.9 Å². The summed E-state index contributed by atoms with van der Waals surface area (Å²) < 4.78 is 39.5. The van der Waals surface area contributed by atoms with E-state index in [1.165, 1.54) is 0 Å². The number of alkyl halides is 2. The van der Waals surface area contributed by atoms with E-state index >= 15 is 0 Å². The molecule has 2 aromatic heterocycles. The molecule has 1 aromatic carbocycles. The Labute approximate surface area is 225 Å². The summed E-state index contributed by atoms with van der Waals surface area (Å²) in [5.74, 6) is -3.08. The van der Waals surface area contributed by atoms with Gasteiger partial charge in [0.2, 0.25) is 5.92 Å². The number of anilines is 1. The number of carbonyl (C=O) groups excluding carboxylic acids is 1. The van der Waals surface area contributed by atoms with E-state index in [9.17, 15) is 18.4 Å². The molecule has 0 radical (unpaired) electrons. The third-order valence-corrected chi connectivity index (χ3v) is 7.02. The minimum Gasteiger partial charge on any atom is -0.460 e. The third-order valence-electron chi connectivity index (χ3n) is 6.81. The number of aromatic nitrogens is 1. The van der Waals surface area contributed by atoms with Crippen LogP contribution in [0, 0.1) is 13.8 Å². The highest BCUT2D eigenvalue weighted by atomic mass is 35.5. The Morgan fingerprint density at radius 1 is 1.21 bits per heavy atom. The van der Waals surface area contributed by atoms with Crippen LogP contribution in [-0.4, -0.2) is 22.5 Å². The Balaban J connectivity index is 1.76. The molecule has 3 aromatic rings. The molecule has 2 heterocycles. The summed E-state index contributed by atoms with van der Waals surface area (Å²) in [5.41, 5.74) is 1.98. The van der Waals surface area contributed by atoms with Gasteiger partial charge >= 0.3 is 5.97 Å². The van der Waals surface area contributed by atoms with Gasteiger partial charge < -0.3 is 14.5 Å². The van der Waals surface area contributed by atoms with E-state index in [1.54, 1.807) is 45.9 Å². The molecule has 0 aliphatic heterocycles. The molecule has 204 valence electrons. The highest BCUT2D eigenvalue weighted by molar-refractivity contribution is 6.29. The molecule has 0 saturated heterocycles. The maximum atomic E-state index is 13.8. The zero-order valence-corrected chi connectivity index (χ0v) is 23.3. The van der Waals surface area contributed by atoms with Gasteiger partial charge in [0.15, 0.2) is 11.1 Å². The normalized spacial score (nSPS) is 16.9. The van der Waals surface area contributed by atoms with E-state index in [1.807, 2.05) is 19.9 Å². The van der Waals surface area contributed by atoms with E-state index in [0.29, 0.717) is 33.5 Å². The summed E-state index contributed by atoms with van der Waals surface area (Å²) in [6, 6.07) is 6.49. The van der Waals surface area contributed by atoms with Crippen LogP contribution in [0.3, 0.4) is 0 Å². The van der Waals surface area contributed by atoms with Gasteiger partial charge in [-0.2, -0.15) is 0 Å². The number of fused-ring (bicyclic) bond motifs is 1. The monoisotopic (exact) mass is 546 g/mol. The first-order chi connectivity index (χ1) is 17.6. The van der Waals surface area contributed by atoms with Gasteiger partial charge in [0.05, 0.1) is 17.1 Å². The number of carbonyl (C=O) groups is 1. The topological polar surface area (TPSA) is 81.4 Å². The van der Waals surface area contributed by atoms with Crippen LogP contribution in [0.4, 0.5) is 14.5 Å². The van der Waals surface area contributed by atoms with Crippen molar-refractivity contribution in [2.24, 2.45) is 0 Å². The molecule has 1 fully saturated rings. The average Bonchev–Trinajstić information content (AvgIpc) is 2.81. The molecule has 0 unspecified atom stereocenters. The van der Waals surface area contributed by atoms with Crippen LogP contribution in [-0.2, 0) is 4.74 Å². The molecule has 6 nitrogen and oxygen atoms in total. The van der Waals surface area contributed by atoms with Gasteiger partial charge in [-0.05, 0) is 78.1 Å². The Bertz CT molecular complexity index is 1440. The largest absolute Gasteiger partial charge is 0.460 e. The van der Waals surface area contributed by atoms with Crippen LogP contribution in [0.15, 0.2) is 33.5 Å². The summed E-state index contributed by atoms with van der Waals surface area (Å²) in [5, 5.41) is 3.88. The molecule has 1 N–H and O–H groups in total. The minimum absolute atomic E-state index is 0.0392. The van der Waals surface area contributed by atoms with Crippen molar-refractivity contribution < 1.29 is 22.7 Å². The van der Waals surface area contributed by atoms with Crippen LogP contribution in [0.2, 0.25) is 5.15 Å². The number of pyridine rings is 1. The quantitative estimate of drug-likeness (QED) is 0.259. The molecular weight excluding hydrogens is 514 g/mol. The standard InChI is InChI=1S/C29H33ClF2N2O4/c1-15-13-19(17(3)33-21-7-8-22(30)34-23(21)27(36)38-28(4,5)6)26-20(14-15)24(35)16(2)25(37-26)18-9-11-29(31,32)12-10-18/h7-8,13-14,17-18,33H,9-12H2,1-6H3/t17-/m1/s1. The van der Waals surface area contributed by atoms with Crippen molar-refractivity contribution in [2.75, 3.05) is 5.32 Å². The molecule has 1 atom stereocenters. The SMILES string of the molecule is Cc1cc([C@@H](C)Nc2ccc(Cl)nc2C(=O)OC(C)(C)C)c2oc(C3CCC(F)(F)CC3)c(C)c(=O)c2c1. The fraction of sp³-hybridized carbons (Fsp3) is 0.483. The smallest absolute Gasteiger partial charge is 0.359 e. The first kappa shape index (κ1) is 28.0. The van der Waals surface area contributed by atoms with Crippen LogP contribution < -0.4 is 10.7 Å². The molecule has 9 heteroatoms. The lowest BCUT2D eigenvalue weighted by Gasteiger charge is -2.28. The first-order valence-electron chi connectivity index (χ1n) is 12.8. The Hall–Kier alpha value is -3.00. The number of halogens is 3. The van der Waals surface area contributed by atoms with Crippen molar-refractivity contribution in [3.63, 3.8) is 0 Å². The second-order valence-corrected chi connectivity index (χ2v) is 11.6. The van der Waals surface area contributed by atoms with Crippen molar-refractivity contribution in [3.8, 4) is 0 Å². The van der Waals surface area contributed by atoms with Gasteiger partial charge in [-0.1, -0.05) is 17.7 Å². The van der Waals surface area contributed by atoms with Crippen molar-refractivity contribution in [1.82, 2.24) is 4.98 Å². The second-order valence-electron chi connectivity index (χ2n) is 11.2. The number of ether oxygens (including phenoxy) is 1. The summed E-state index contributed by atoms with van der Waals surface area (Å²) in [7, 11) is 0. The van der Waals surface area contributed by atoms with Gasteiger partial charge in [0.25, 0.3) is 0 Å². The first-order valence-corrected chi connectivity index (χ1v) is 13.1. The van der Waals surface area contributed by atoms with E-state index in [2.05, 4.69) is 10.3 Å². The van der Waals surface area contributed by atoms with Gasteiger partial charge in [-0.3, -0.25) is 4.79 Å². The second kappa shape index (κ2) is 10.3. The van der Waals surface area contributed by atoms with Gasteiger partial charge in [-0.15, -0.1) is 0 Å². The number of benzene rings is 1. The molecule has 4 rings (SSSR count). The van der Waals surface area contributed by atoms with Gasteiger partial charge in [-0.25, -0.2) is 18.6 Å². The van der Waals surface area contributed by atoms with E-state index in [-0.39, 0.29) is 47.9 Å². The summed E-state index contributed by atoms with van der Waals surface area (Å²) in [6.45, 7) is 10.8. The van der Waals surface area contributed by atoms with E-state index < -0.39 is 23.5 Å². The average molecular weight is 547 g/mol. The lowest BCUT2D eigenvalue weighted by atomic mass is 9.83. The van der Waals surface area contributed by atoms with Crippen LogP contribution in [0.5, 0.6) is 0 Å². The van der Waals surface area contributed by atoms with Crippen molar-refractivity contribution in [2.45, 2.75) is 90.7 Å². The predicted molar refractivity (Wildman–Crippen MR) is 145 cm³/mol. The molecule has 38 heavy (non-hydrogen) atoms. The van der Waals surface area contributed by atoms with Crippen molar-refractivity contribution in [3.05, 3.63) is 67.8 Å². The molecule has 1 aliphatic carbocycles. The molecule has 0 spiro atoms. The molecule has 0 bridgehead atoms. The Morgan fingerprint density at radius 2 is 1.87 bits per heavy atom. The Kier molecular flexibility index (Phi) is 7.58. The van der Waals surface area contributed by atoms with Crippen molar-refractivity contribution >= 4 is 34.2 Å². The summed E-state index contributed by atoms with van der Waals surface area (Å²) in [6.07, 6.45) is 0.0586. The highest BCUT2D eigenvalue weighted by Gasteiger charge is 2.37. The molecule has 1 saturated carbocycles. The number of nitrogens with one attached hydrogen (secondary N) is 1. The number of hydrogen-bond donors (Lipinski definition) is 1. The zero-order chi connectivity index (χ0) is 28.0. The number of rotatable bonds is 5. The lowest BCUT2D eigenvalue weighted by Crippen LogP contribution is -2.25. The molecule has 1 aliphatic rings. The lowest BCUT2D eigenvalue weighted by molar-refractivity contribution is -0.0396. The maximum absolute atomic E-state index is 13.8. The zero-order valence-electron chi connectivity index (χ0n) is 22.5.